The fourth-order valence-corrected chi connectivity index (χ4v) is 4.60. The number of benzene rings is 3. The van der Waals surface area contributed by atoms with Gasteiger partial charge in [-0.25, -0.2) is 4.39 Å². The third kappa shape index (κ3) is 3.80. The summed E-state index contributed by atoms with van der Waals surface area (Å²) in [7, 11) is 0. The molecule has 0 saturated carbocycles. The van der Waals surface area contributed by atoms with Gasteiger partial charge in [-0.3, -0.25) is 9.69 Å². The van der Waals surface area contributed by atoms with E-state index in [9.17, 15) is 9.18 Å². The summed E-state index contributed by atoms with van der Waals surface area (Å²) in [5.74, 6) is 0.131. The van der Waals surface area contributed by atoms with Gasteiger partial charge < -0.3 is 9.32 Å². The predicted octanol–water partition coefficient (Wildman–Crippen LogP) is 5.43. The molecule has 3 aromatic carbocycles. The van der Waals surface area contributed by atoms with Crippen LogP contribution in [0.5, 0.6) is 0 Å². The number of aryl methyl sites for hydroxylation is 1. The van der Waals surface area contributed by atoms with Crippen molar-refractivity contribution in [3.63, 3.8) is 0 Å². The maximum absolute atomic E-state index is 13.5. The molecule has 1 fully saturated rings. The van der Waals surface area contributed by atoms with Crippen molar-refractivity contribution in [2.75, 3.05) is 26.2 Å². The summed E-state index contributed by atoms with van der Waals surface area (Å²) in [6.45, 7) is 4.61. The standard InChI is InChI=1S/C27H25FN2O2/c1-19-23-9-5-6-10-24(23)32-26(19)27(31)30-17-15-29(16-18-30)25(20-7-3-2-4-8-20)21-11-13-22(28)14-12-21/h2-14,25H,15-18H2,1H3. The van der Waals surface area contributed by atoms with Gasteiger partial charge in [0.25, 0.3) is 5.91 Å². The lowest BCUT2D eigenvalue weighted by Gasteiger charge is -2.39. The maximum Gasteiger partial charge on any atom is 0.289 e. The molecule has 1 aromatic heterocycles. The van der Waals surface area contributed by atoms with Crippen LogP contribution >= 0.6 is 0 Å². The predicted molar refractivity (Wildman–Crippen MR) is 123 cm³/mol. The van der Waals surface area contributed by atoms with E-state index in [1.54, 1.807) is 0 Å². The molecular weight excluding hydrogens is 403 g/mol. The van der Waals surface area contributed by atoms with Crippen LogP contribution < -0.4 is 0 Å². The minimum absolute atomic E-state index is 0.0157. The lowest BCUT2D eigenvalue weighted by molar-refractivity contribution is 0.0569. The van der Waals surface area contributed by atoms with Crippen molar-refractivity contribution in [3.8, 4) is 0 Å². The van der Waals surface area contributed by atoms with Crippen molar-refractivity contribution in [2.45, 2.75) is 13.0 Å². The van der Waals surface area contributed by atoms with Crippen LogP contribution in [-0.2, 0) is 0 Å². The molecule has 0 radical (unpaired) electrons. The minimum atomic E-state index is -0.239. The first-order chi connectivity index (χ1) is 15.6. The number of carbonyl (C=O) groups is 1. The molecule has 1 atom stereocenters. The number of piperazine rings is 1. The van der Waals surface area contributed by atoms with E-state index in [1.165, 1.54) is 12.1 Å². The number of carbonyl (C=O) groups excluding carboxylic acids is 1. The summed E-state index contributed by atoms with van der Waals surface area (Å²) < 4.78 is 19.4. The van der Waals surface area contributed by atoms with E-state index in [4.69, 9.17) is 4.42 Å². The Morgan fingerprint density at radius 2 is 1.47 bits per heavy atom. The number of amides is 1. The molecule has 0 N–H and O–H groups in total. The molecule has 162 valence electrons. The van der Waals surface area contributed by atoms with E-state index >= 15 is 0 Å². The Bertz CT molecular complexity index is 1230. The van der Waals surface area contributed by atoms with Crippen molar-refractivity contribution in [2.24, 2.45) is 0 Å². The van der Waals surface area contributed by atoms with Crippen molar-refractivity contribution in [3.05, 3.63) is 107 Å². The number of hydrogen-bond acceptors (Lipinski definition) is 3. The minimum Gasteiger partial charge on any atom is -0.451 e. The maximum atomic E-state index is 13.5. The van der Waals surface area contributed by atoms with Gasteiger partial charge in [-0.2, -0.15) is 0 Å². The second kappa shape index (κ2) is 8.60. The third-order valence-electron chi connectivity index (χ3n) is 6.31. The lowest BCUT2D eigenvalue weighted by atomic mass is 9.96. The van der Waals surface area contributed by atoms with Crippen molar-refractivity contribution in [1.82, 2.24) is 9.80 Å². The van der Waals surface area contributed by atoms with Crippen LogP contribution in [0.4, 0.5) is 4.39 Å². The van der Waals surface area contributed by atoms with Gasteiger partial charge in [0.2, 0.25) is 0 Å². The van der Waals surface area contributed by atoms with Crippen molar-refractivity contribution in [1.29, 1.82) is 0 Å². The van der Waals surface area contributed by atoms with E-state index in [0.717, 1.165) is 40.7 Å². The highest BCUT2D eigenvalue weighted by Crippen LogP contribution is 2.31. The molecule has 5 heteroatoms. The molecule has 1 aliphatic rings. The summed E-state index contributed by atoms with van der Waals surface area (Å²) in [5, 5.41) is 0.981. The Morgan fingerprint density at radius 1 is 0.844 bits per heavy atom. The molecule has 2 heterocycles. The molecule has 1 saturated heterocycles. The van der Waals surface area contributed by atoms with Gasteiger partial charge in [0.15, 0.2) is 5.76 Å². The van der Waals surface area contributed by atoms with Crippen LogP contribution in [0.3, 0.4) is 0 Å². The van der Waals surface area contributed by atoms with Crippen LogP contribution in [0, 0.1) is 12.7 Å². The second-order valence-corrected chi connectivity index (χ2v) is 8.25. The van der Waals surface area contributed by atoms with Crippen LogP contribution in [0.15, 0.2) is 83.3 Å². The zero-order valence-corrected chi connectivity index (χ0v) is 18.0. The van der Waals surface area contributed by atoms with E-state index in [1.807, 2.05) is 66.4 Å². The molecule has 1 aliphatic heterocycles. The largest absolute Gasteiger partial charge is 0.451 e. The number of nitrogens with zero attached hydrogens (tertiary/aromatic N) is 2. The zero-order chi connectivity index (χ0) is 22.1. The van der Waals surface area contributed by atoms with E-state index in [-0.39, 0.29) is 17.8 Å². The SMILES string of the molecule is Cc1c(C(=O)N2CCN(C(c3ccccc3)c3ccc(F)cc3)CC2)oc2ccccc12. The van der Waals surface area contributed by atoms with Gasteiger partial charge in [0, 0.05) is 37.1 Å². The summed E-state index contributed by atoms with van der Waals surface area (Å²) in [6.07, 6.45) is 0. The Labute approximate surface area is 186 Å². The van der Waals surface area contributed by atoms with Crippen LogP contribution in [0.25, 0.3) is 11.0 Å². The van der Waals surface area contributed by atoms with Crippen LogP contribution in [-0.4, -0.2) is 41.9 Å². The number of rotatable bonds is 4. The lowest BCUT2D eigenvalue weighted by Crippen LogP contribution is -2.49. The fourth-order valence-electron chi connectivity index (χ4n) is 4.60. The Morgan fingerprint density at radius 3 is 2.16 bits per heavy atom. The molecule has 32 heavy (non-hydrogen) atoms. The number of fused-ring (bicyclic) bond motifs is 1. The van der Waals surface area contributed by atoms with Crippen molar-refractivity contribution < 1.29 is 13.6 Å². The molecule has 1 unspecified atom stereocenters. The van der Waals surface area contributed by atoms with Gasteiger partial charge in [0.1, 0.15) is 11.4 Å². The van der Waals surface area contributed by atoms with Gasteiger partial charge in [-0.15, -0.1) is 0 Å². The molecule has 0 spiro atoms. The summed E-state index contributed by atoms with van der Waals surface area (Å²) >= 11 is 0. The summed E-state index contributed by atoms with van der Waals surface area (Å²) in [4.78, 5) is 17.4. The van der Waals surface area contributed by atoms with Crippen molar-refractivity contribution >= 4 is 16.9 Å². The van der Waals surface area contributed by atoms with Gasteiger partial charge in [0.05, 0.1) is 6.04 Å². The Hall–Kier alpha value is -3.44. The molecule has 0 bridgehead atoms. The molecule has 4 nitrogen and oxygen atoms in total. The highest BCUT2D eigenvalue weighted by atomic mass is 19.1. The number of para-hydroxylation sites is 1. The van der Waals surface area contributed by atoms with E-state index in [0.29, 0.717) is 18.8 Å². The molecule has 0 aliphatic carbocycles. The first-order valence-corrected chi connectivity index (χ1v) is 10.9. The smallest absolute Gasteiger partial charge is 0.289 e. The third-order valence-corrected chi connectivity index (χ3v) is 6.31. The summed E-state index contributed by atoms with van der Waals surface area (Å²) in [6, 6.07) is 24.7. The topological polar surface area (TPSA) is 36.7 Å². The molecule has 1 amide bonds. The molecular formula is C27H25FN2O2. The number of halogens is 1. The van der Waals surface area contributed by atoms with E-state index < -0.39 is 0 Å². The molecule has 4 aromatic rings. The monoisotopic (exact) mass is 428 g/mol. The average Bonchev–Trinajstić information content (AvgIpc) is 3.18. The quantitative estimate of drug-likeness (QED) is 0.435. The highest BCUT2D eigenvalue weighted by Gasteiger charge is 2.30. The van der Waals surface area contributed by atoms with Gasteiger partial charge in [-0.05, 0) is 36.2 Å². The molecule has 5 rings (SSSR count). The summed E-state index contributed by atoms with van der Waals surface area (Å²) in [5.41, 5.74) is 3.84. The van der Waals surface area contributed by atoms with Crippen LogP contribution in [0.2, 0.25) is 0 Å². The number of furan rings is 1. The Balaban J connectivity index is 1.36. The average molecular weight is 429 g/mol. The second-order valence-electron chi connectivity index (χ2n) is 8.25. The normalized spacial score (nSPS) is 15.8. The van der Waals surface area contributed by atoms with Gasteiger partial charge >= 0.3 is 0 Å². The van der Waals surface area contributed by atoms with Gasteiger partial charge in [-0.1, -0.05) is 60.7 Å². The first-order valence-electron chi connectivity index (χ1n) is 10.9. The highest BCUT2D eigenvalue weighted by molar-refractivity contribution is 5.99. The van der Waals surface area contributed by atoms with E-state index in [2.05, 4.69) is 17.0 Å². The Kier molecular flexibility index (Phi) is 5.50. The first kappa shape index (κ1) is 20.5. The zero-order valence-electron chi connectivity index (χ0n) is 18.0. The fraction of sp³-hybridized carbons (Fsp3) is 0.222. The van der Waals surface area contributed by atoms with Crippen LogP contribution in [0.1, 0.15) is 33.3 Å². The number of hydrogen-bond donors (Lipinski definition) is 0.